The summed E-state index contributed by atoms with van der Waals surface area (Å²) in [6.07, 6.45) is 0.744. The van der Waals surface area contributed by atoms with Crippen LogP contribution < -0.4 is 10.6 Å². The molecule has 88 valence electrons. The smallest absolute Gasteiger partial charge is 0.317 e. The van der Waals surface area contributed by atoms with E-state index in [1.165, 1.54) is 0 Å². The third-order valence-corrected chi connectivity index (χ3v) is 1.78. The van der Waals surface area contributed by atoms with Crippen LogP contribution in [0.5, 0.6) is 0 Å². The van der Waals surface area contributed by atoms with Gasteiger partial charge in [-0.3, -0.25) is 14.9 Å². The van der Waals surface area contributed by atoms with E-state index in [0.29, 0.717) is 13.2 Å². The van der Waals surface area contributed by atoms with Gasteiger partial charge in [-0.05, 0) is 13.3 Å². The minimum Gasteiger partial charge on any atom is -0.480 e. The van der Waals surface area contributed by atoms with E-state index in [-0.39, 0.29) is 12.5 Å². The molecule has 0 aromatic rings. The lowest BCUT2D eigenvalue weighted by molar-refractivity contribution is -0.136. The molecule has 0 saturated heterocycles. The zero-order valence-electron chi connectivity index (χ0n) is 9.08. The summed E-state index contributed by atoms with van der Waals surface area (Å²) in [7, 11) is 1.60. The lowest BCUT2D eigenvalue weighted by Crippen LogP contribution is -2.44. The number of methoxy groups -OCH3 is 1. The molecule has 1 unspecified atom stereocenters. The molecule has 0 bridgehead atoms. The van der Waals surface area contributed by atoms with Crippen molar-refractivity contribution < 1.29 is 19.4 Å². The largest absolute Gasteiger partial charge is 0.480 e. The van der Waals surface area contributed by atoms with Gasteiger partial charge in [0, 0.05) is 20.3 Å². The molecule has 0 aliphatic rings. The maximum atomic E-state index is 11.3. The minimum atomic E-state index is -0.978. The summed E-state index contributed by atoms with van der Waals surface area (Å²) < 4.78 is 4.82. The fourth-order valence-electron chi connectivity index (χ4n) is 0.914. The first-order valence-electron chi connectivity index (χ1n) is 4.79. The molecule has 1 atom stereocenters. The van der Waals surface area contributed by atoms with Crippen LogP contribution in [0.15, 0.2) is 0 Å². The van der Waals surface area contributed by atoms with Crippen LogP contribution in [-0.4, -0.2) is 49.8 Å². The van der Waals surface area contributed by atoms with E-state index in [0.717, 1.165) is 6.42 Å². The molecular weight excluding hydrogens is 200 g/mol. The van der Waals surface area contributed by atoms with Crippen molar-refractivity contribution in [1.82, 2.24) is 10.6 Å². The second-order valence-electron chi connectivity index (χ2n) is 3.13. The first-order valence-corrected chi connectivity index (χ1v) is 4.79. The van der Waals surface area contributed by atoms with E-state index in [9.17, 15) is 9.59 Å². The fourth-order valence-corrected chi connectivity index (χ4v) is 0.914. The van der Waals surface area contributed by atoms with E-state index < -0.39 is 12.0 Å². The Balaban J connectivity index is 3.55. The second-order valence-corrected chi connectivity index (χ2v) is 3.13. The number of hydrogen-bond acceptors (Lipinski definition) is 4. The highest BCUT2D eigenvalue weighted by Crippen LogP contribution is 1.83. The molecule has 6 nitrogen and oxygen atoms in total. The normalized spacial score (nSPS) is 12.1. The Morgan fingerprint density at radius 3 is 2.67 bits per heavy atom. The third kappa shape index (κ3) is 7.90. The van der Waals surface area contributed by atoms with Crippen LogP contribution in [0.1, 0.15) is 13.3 Å². The van der Waals surface area contributed by atoms with Gasteiger partial charge in [-0.25, -0.2) is 0 Å². The predicted molar refractivity (Wildman–Crippen MR) is 54.6 cm³/mol. The highest BCUT2D eigenvalue weighted by Gasteiger charge is 2.12. The first-order chi connectivity index (χ1) is 7.07. The SMILES string of the molecule is COCCCNC(=O)C(C)NCC(=O)O. The Kier molecular flexibility index (Phi) is 7.57. The van der Waals surface area contributed by atoms with Crippen molar-refractivity contribution in [3.05, 3.63) is 0 Å². The van der Waals surface area contributed by atoms with Crippen LogP contribution in [-0.2, 0) is 14.3 Å². The van der Waals surface area contributed by atoms with Crippen LogP contribution >= 0.6 is 0 Å². The van der Waals surface area contributed by atoms with E-state index in [1.54, 1.807) is 14.0 Å². The number of rotatable bonds is 8. The molecule has 3 N–H and O–H groups in total. The number of carbonyl (C=O) groups is 2. The number of aliphatic carboxylic acids is 1. The number of hydrogen-bond donors (Lipinski definition) is 3. The standard InChI is InChI=1S/C9H18N2O4/c1-7(11-6-8(12)13)9(14)10-4-3-5-15-2/h7,11H,3-6H2,1-2H3,(H,10,14)(H,12,13). The number of amides is 1. The number of carbonyl (C=O) groups excluding carboxylic acids is 1. The van der Waals surface area contributed by atoms with Crippen molar-refractivity contribution in [1.29, 1.82) is 0 Å². The quantitative estimate of drug-likeness (QED) is 0.464. The Hall–Kier alpha value is -1.14. The van der Waals surface area contributed by atoms with Crippen molar-refractivity contribution in [3.63, 3.8) is 0 Å². The molecule has 1 amide bonds. The summed E-state index contributed by atoms with van der Waals surface area (Å²) in [5.41, 5.74) is 0. The Morgan fingerprint density at radius 2 is 2.13 bits per heavy atom. The van der Waals surface area contributed by atoms with Crippen molar-refractivity contribution in [3.8, 4) is 0 Å². The molecule has 0 aromatic carbocycles. The van der Waals surface area contributed by atoms with E-state index in [1.807, 2.05) is 0 Å². The van der Waals surface area contributed by atoms with Crippen molar-refractivity contribution in [2.75, 3.05) is 26.8 Å². The van der Waals surface area contributed by atoms with Gasteiger partial charge in [0.1, 0.15) is 0 Å². The van der Waals surface area contributed by atoms with Gasteiger partial charge in [-0.15, -0.1) is 0 Å². The van der Waals surface area contributed by atoms with Gasteiger partial charge in [-0.1, -0.05) is 0 Å². The fraction of sp³-hybridized carbons (Fsp3) is 0.778. The summed E-state index contributed by atoms with van der Waals surface area (Å²) in [4.78, 5) is 21.5. The maximum absolute atomic E-state index is 11.3. The zero-order chi connectivity index (χ0) is 11.7. The lowest BCUT2D eigenvalue weighted by Gasteiger charge is -2.12. The summed E-state index contributed by atoms with van der Waals surface area (Å²) >= 11 is 0. The Morgan fingerprint density at radius 1 is 1.47 bits per heavy atom. The van der Waals surface area contributed by atoms with Crippen LogP contribution in [0.2, 0.25) is 0 Å². The summed E-state index contributed by atoms with van der Waals surface area (Å²) in [6, 6.07) is -0.497. The molecule has 0 rings (SSSR count). The van der Waals surface area contributed by atoms with E-state index in [4.69, 9.17) is 9.84 Å². The summed E-state index contributed by atoms with van der Waals surface area (Å²) in [5, 5.41) is 13.6. The van der Waals surface area contributed by atoms with Crippen molar-refractivity contribution >= 4 is 11.9 Å². The molecule has 0 spiro atoms. The molecule has 0 aliphatic carbocycles. The van der Waals surface area contributed by atoms with Crippen molar-refractivity contribution in [2.45, 2.75) is 19.4 Å². The number of carboxylic acids is 1. The molecule has 0 aliphatic heterocycles. The van der Waals surface area contributed by atoms with Crippen LogP contribution in [0.3, 0.4) is 0 Å². The maximum Gasteiger partial charge on any atom is 0.317 e. The molecule has 15 heavy (non-hydrogen) atoms. The second kappa shape index (κ2) is 8.19. The van der Waals surface area contributed by atoms with Crippen LogP contribution in [0, 0.1) is 0 Å². The summed E-state index contributed by atoms with van der Waals surface area (Å²) in [5.74, 6) is -1.18. The first kappa shape index (κ1) is 13.9. The molecule has 0 fully saturated rings. The number of carboxylic acid groups (broad SMARTS) is 1. The van der Waals surface area contributed by atoms with Crippen LogP contribution in [0.25, 0.3) is 0 Å². The lowest BCUT2D eigenvalue weighted by atomic mass is 10.3. The molecule has 6 heteroatoms. The summed E-state index contributed by atoms with van der Waals surface area (Å²) in [6.45, 7) is 2.53. The van der Waals surface area contributed by atoms with Gasteiger partial charge in [-0.2, -0.15) is 0 Å². The Labute approximate surface area is 89.0 Å². The van der Waals surface area contributed by atoms with E-state index >= 15 is 0 Å². The van der Waals surface area contributed by atoms with Crippen LogP contribution in [0.4, 0.5) is 0 Å². The predicted octanol–water partition coefficient (Wildman–Crippen LogP) is -0.798. The number of nitrogens with one attached hydrogen (secondary N) is 2. The molecule has 0 heterocycles. The van der Waals surface area contributed by atoms with Gasteiger partial charge < -0.3 is 15.2 Å². The Bertz CT molecular complexity index is 208. The zero-order valence-corrected chi connectivity index (χ0v) is 9.08. The molecule has 0 aromatic heterocycles. The highest BCUT2D eigenvalue weighted by atomic mass is 16.5. The van der Waals surface area contributed by atoms with E-state index in [2.05, 4.69) is 10.6 Å². The van der Waals surface area contributed by atoms with Gasteiger partial charge >= 0.3 is 5.97 Å². The molecule has 0 radical (unpaired) electrons. The molecular formula is C9H18N2O4. The average molecular weight is 218 g/mol. The monoisotopic (exact) mass is 218 g/mol. The number of ether oxygens (including phenoxy) is 1. The highest BCUT2D eigenvalue weighted by molar-refractivity contribution is 5.82. The molecule has 0 saturated carbocycles. The average Bonchev–Trinajstić information content (AvgIpc) is 2.20. The minimum absolute atomic E-state index is 0.202. The topological polar surface area (TPSA) is 87.7 Å². The van der Waals surface area contributed by atoms with Gasteiger partial charge in [0.2, 0.25) is 5.91 Å². The van der Waals surface area contributed by atoms with Gasteiger partial charge in [0.05, 0.1) is 12.6 Å². The van der Waals surface area contributed by atoms with Crippen molar-refractivity contribution in [2.24, 2.45) is 0 Å². The third-order valence-electron chi connectivity index (χ3n) is 1.78. The van der Waals surface area contributed by atoms with Gasteiger partial charge in [0.15, 0.2) is 0 Å². The van der Waals surface area contributed by atoms with Gasteiger partial charge in [0.25, 0.3) is 0 Å².